The highest BCUT2D eigenvalue weighted by molar-refractivity contribution is 6.35. The number of aromatic nitrogens is 1. The van der Waals surface area contributed by atoms with Crippen molar-refractivity contribution in [2.24, 2.45) is 7.05 Å². The number of hydrogen-bond donors (Lipinski definition) is 1. The van der Waals surface area contributed by atoms with Gasteiger partial charge in [-0.15, -0.1) is 0 Å². The largest absolute Gasteiger partial charge is 0.353 e. The maximum atomic E-state index is 13.7. The summed E-state index contributed by atoms with van der Waals surface area (Å²) in [6.45, 7) is 2.47. The average molecular weight is 384 g/mol. The van der Waals surface area contributed by atoms with Crippen molar-refractivity contribution in [2.45, 2.75) is 31.8 Å². The zero-order valence-electron chi connectivity index (χ0n) is 14.1. The first-order valence-electron chi connectivity index (χ1n) is 8.21. The first kappa shape index (κ1) is 18.1. The molecule has 0 spiro atoms. The summed E-state index contributed by atoms with van der Waals surface area (Å²) in [4.78, 5) is 14.6. The Labute approximate surface area is 156 Å². The maximum Gasteiger partial charge on any atom is 0.318 e. The van der Waals surface area contributed by atoms with E-state index in [9.17, 15) is 9.18 Å². The molecular weight excluding hydrogens is 364 g/mol. The summed E-state index contributed by atoms with van der Waals surface area (Å²) < 4.78 is 15.8. The van der Waals surface area contributed by atoms with Gasteiger partial charge in [0, 0.05) is 30.5 Å². The Morgan fingerprint density at radius 2 is 2.12 bits per heavy atom. The molecule has 1 N–H and O–H groups in total. The molecular formula is C18H20Cl2FN3O. The second kappa shape index (κ2) is 7.26. The molecule has 2 amide bonds. The zero-order chi connectivity index (χ0) is 18.1. The fourth-order valence-corrected chi connectivity index (χ4v) is 3.90. The van der Waals surface area contributed by atoms with Crippen LogP contribution in [0, 0.1) is 5.82 Å². The molecule has 0 saturated carbocycles. The molecule has 1 fully saturated rings. The van der Waals surface area contributed by atoms with Gasteiger partial charge in [0.15, 0.2) is 0 Å². The normalized spacial score (nSPS) is 18.4. The van der Waals surface area contributed by atoms with Crippen LogP contribution in [0.15, 0.2) is 30.5 Å². The molecule has 1 saturated heterocycles. The van der Waals surface area contributed by atoms with Crippen molar-refractivity contribution in [3.63, 3.8) is 0 Å². The SMILES string of the molecule is CC(NC(=O)N1CCCC1c1cccn1C)c1cc(F)c(Cl)cc1Cl. The van der Waals surface area contributed by atoms with Crippen LogP contribution in [0.5, 0.6) is 0 Å². The molecule has 7 heteroatoms. The van der Waals surface area contributed by atoms with Crippen LogP contribution >= 0.6 is 23.2 Å². The number of likely N-dealkylation sites (tertiary alicyclic amines) is 1. The third-order valence-electron chi connectivity index (χ3n) is 4.69. The van der Waals surface area contributed by atoms with E-state index in [0.717, 1.165) is 18.5 Å². The van der Waals surface area contributed by atoms with Gasteiger partial charge < -0.3 is 14.8 Å². The Hall–Kier alpha value is -1.72. The quantitative estimate of drug-likeness (QED) is 0.737. The molecule has 0 radical (unpaired) electrons. The van der Waals surface area contributed by atoms with Gasteiger partial charge in [-0.25, -0.2) is 9.18 Å². The molecule has 2 unspecified atom stereocenters. The number of nitrogens with zero attached hydrogens (tertiary/aromatic N) is 2. The Bertz CT molecular complexity index is 793. The minimum Gasteiger partial charge on any atom is -0.353 e. The number of aryl methyl sites for hydroxylation is 1. The molecule has 4 nitrogen and oxygen atoms in total. The van der Waals surface area contributed by atoms with Crippen LogP contribution in [0.4, 0.5) is 9.18 Å². The lowest BCUT2D eigenvalue weighted by atomic mass is 10.1. The minimum atomic E-state index is -0.551. The summed E-state index contributed by atoms with van der Waals surface area (Å²) in [5.41, 5.74) is 1.61. The summed E-state index contributed by atoms with van der Waals surface area (Å²) in [6.07, 6.45) is 3.85. The highest BCUT2D eigenvalue weighted by atomic mass is 35.5. The van der Waals surface area contributed by atoms with E-state index in [-0.39, 0.29) is 17.1 Å². The molecule has 0 aliphatic carbocycles. The number of carbonyl (C=O) groups is 1. The van der Waals surface area contributed by atoms with Gasteiger partial charge in [-0.1, -0.05) is 23.2 Å². The molecule has 1 aromatic heterocycles. The van der Waals surface area contributed by atoms with Crippen LogP contribution in [0.2, 0.25) is 10.0 Å². The number of amides is 2. The van der Waals surface area contributed by atoms with E-state index < -0.39 is 11.9 Å². The van der Waals surface area contributed by atoms with Gasteiger partial charge in [0.25, 0.3) is 0 Å². The second-order valence-electron chi connectivity index (χ2n) is 6.35. The second-order valence-corrected chi connectivity index (χ2v) is 7.17. The number of rotatable bonds is 3. The molecule has 0 bridgehead atoms. The van der Waals surface area contributed by atoms with Crippen molar-refractivity contribution in [2.75, 3.05) is 6.54 Å². The Morgan fingerprint density at radius 1 is 1.36 bits per heavy atom. The number of urea groups is 1. The van der Waals surface area contributed by atoms with Crippen molar-refractivity contribution in [1.29, 1.82) is 0 Å². The van der Waals surface area contributed by atoms with Gasteiger partial charge in [-0.3, -0.25) is 0 Å². The van der Waals surface area contributed by atoms with E-state index in [0.29, 0.717) is 17.1 Å². The summed E-state index contributed by atoms with van der Waals surface area (Å²) in [5.74, 6) is -0.551. The Kier molecular flexibility index (Phi) is 5.25. The molecule has 1 aliphatic heterocycles. The molecule has 134 valence electrons. The van der Waals surface area contributed by atoms with E-state index in [2.05, 4.69) is 5.32 Å². The molecule has 2 aromatic rings. The monoisotopic (exact) mass is 383 g/mol. The number of halogens is 3. The molecule has 2 heterocycles. The lowest BCUT2D eigenvalue weighted by Crippen LogP contribution is -2.41. The Morgan fingerprint density at radius 3 is 2.80 bits per heavy atom. The zero-order valence-corrected chi connectivity index (χ0v) is 15.6. The van der Waals surface area contributed by atoms with E-state index in [1.807, 2.05) is 34.8 Å². The van der Waals surface area contributed by atoms with Gasteiger partial charge >= 0.3 is 6.03 Å². The number of nitrogens with one attached hydrogen (secondary N) is 1. The Balaban J connectivity index is 1.75. The summed E-state index contributed by atoms with van der Waals surface area (Å²) in [7, 11) is 1.97. The van der Waals surface area contributed by atoms with Gasteiger partial charge in [0.05, 0.1) is 17.1 Å². The van der Waals surface area contributed by atoms with Crippen LogP contribution in [-0.2, 0) is 7.05 Å². The maximum absolute atomic E-state index is 13.7. The number of hydrogen-bond acceptors (Lipinski definition) is 1. The number of benzene rings is 1. The predicted molar refractivity (Wildman–Crippen MR) is 97.5 cm³/mol. The van der Waals surface area contributed by atoms with Crippen LogP contribution in [0.3, 0.4) is 0 Å². The summed E-state index contributed by atoms with van der Waals surface area (Å²) in [5, 5.41) is 3.22. The fourth-order valence-electron chi connectivity index (χ4n) is 3.35. The van der Waals surface area contributed by atoms with Gasteiger partial charge in [-0.05, 0) is 49.6 Å². The predicted octanol–water partition coefficient (Wildman–Crippen LogP) is 5.08. The average Bonchev–Trinajstić information content (AvgIpc) is 3.18. The van der Waals surface area contributed by atoms with Crippen LogP contribution in [0.1, 0.15) is 43.1 Å². The highest BCUT2D eigenvalue weighted by Crippen LogP contribution is 2.33. The first-order chi connectivity index (χ1) is 11.9. The van der Waals surface area contributed by atoms with Crippen LogP contribution in [0.25, 0.3) is 0 Å². The van der Waals surface area contributed by atoms with E-state index in [1.54, 1.807) is 6.92 Å². The van der Waals surface area contributed by atoms with Gasteiger partial charge in [-0.2, -0.15) is 0 Å². The number of carbonyl (C=O) groups excluding carboxylic acids is 1. The fraction of sp³-hybridized carbons (Fsp3) is 0.389. The van der Waals surface area contributed by atoms with Gasteiger partial charge in [0.2, 0.25) is 0 Å². The van der Waals surface area contributed by atoms with Crippen molar-refractivity contribution in [3.8, 4) is 0 Å². The van der Waals surface area contributed by atoms with Crippen LogP contribution in [-0.4, -0.2) is 22.0 Å². The van der Waals surface area contributed by atoms with Crippen molar-refractivity contribution >= 4 is 29.2 Å². The topological polar surface area (TPSA) is 37.3 Å². The molecule has 2 atom stereocenters. The molecule has 1 aromatic carbocycles. The third kappa shape index (κ3) is 3.62. The smallest absolute Gasteiger partial charge is 0.318 e. The minimum absolute atomic E-state index is 0.0319. The lowest BCUT2D eigenvalue weighted by Gasteiger charge is -2.27. The van der Waals surface area contributed by atoms with Crippen molar-refractivity contribution < 1.29 is 9.18 Å². The third-order valence-corrected chi connectivity index (χ3v) is 5.30. The highest BCUT2D eigenvalue weighted by Gasteiger charge is 2.32. The van der Waals surface area contributed by atoms with E-state index >= 15 is 0 Å². The molecule has 1 aliphatic rings. The lowest BCUT2D eigenvalue weighted by molar-refractivity contribution is 0.188. The molecule has 25 heavy (non-hydrogen) atoms. The van der Waals surface area contributed by atoms with E-state index in [1.165, 1.54) is 12.1 Å². The van der Waals surface area contributed by atoms with Crippen molar-refractivity contribution in [1.82, 2.24) is 14.8 Å². The van der Waals surface area contributed by atoms with Crippen molar-refractivity contribution in [3.05, 3.63) is 57.6 Å². The summed E-state index contributed by atoms with van der Waals surface area (Å²) >= 11 is 11.9. The van der Waals surface area contributed by atoms with E-state index in [4.69, 9.17) is 23.2 Å². The van der Waals surface area contributed by atoms with Gasteiger partial charge in [0.1, 0.15) is 5.82 Å². The molecule has 3 rings (SSSR count). The first-order valence-corrected chi connectivity index (χ1v) is 8.97. The summed E-state index contributed by atoms with van der Waals surface area (Å²) in [6, 6.07) is 6.08. The van der Waals surface area contributed by atoms with Crippen LogP contribution < -0.4 is 5.32 Å². The standard InChI is InChI=1S/C18H20Cl2FN3O/c1-11(12-9-15(21)14(20)10-13(12)19)22-18(25)24-8-4-6-17(24)16-5-3-7-23(16)2/h3,5,7,9-11,17H,4,6,8H2,1-2H3,(H,22,25).